The number of nitriles is 1. The first-order valence-corrected chi connectivity index (χ1v) is 11.0. The number of fused-ring (bicyclic) bond motifs is 1. The van der Waals surface area contributed by atoms with E-state index in [1.165, 1.54) is 5.56 Å². The van der Waals surface area contributed by atoms with Crippen molar-refractivity contribution in [2.75, 3.05) is 33.2 Å². The Morgan fingerprint density at radius 2 is 1.90 bits per heavy atom. The van der Waals surface area contributed by atoms with Gasteiger partial charge in [0.15, 0.2) is 0 Å². The Kier molecular flexibility index (Phi) is 5.96. The third kappa shape index (κ3) is 4.15. The Hall–Kier alpha value is -2.59. The van der Waals surface area contributed by atoms with Gasteiger partial charge in [0.1, 0.15) is 6.04 Å². The summed E-state index contributed by atoms with van der Waals surface area (Å²) in [5.41, 5.74) is 1.11. The molecule has 2 aliphatic heterocycles. The molecule has 1 aromatic carbocycles. The molecular formula is C23H31N5O2. The first-order chi connectivity index (χ1) is 14.5. The van der Waals surface area contributed by atoms with E-state index in [4.69, 9.17) is 0 Å². The van der Waals surface area contributed by atoms with Crippen LogP contribution >= 0.6 is 0 Å². The summed E-state index contributed by atoms with van der Waals surface area (Å²) in [7, 11) is 1.68. The zero-order valence-corrected chi connectivity index (χ0v) is 17.6. The average molecular weight is 410 g/mol. The number of hydrogen-bond acceptors (Lipinski definition) is 4. The van der Waals surface area contributed by atoms with Crippen LogP contribution in [0.25, 0.3) is 0 Å². The van der Waals surface area contributed by atoms with Gasteiger partial charge in [0.25, 0.3) is 0 Å². The van der Waals surface area contributed by atoms with Crippen molar-refractivity contribution < 1.29 is 9.59 Å². The van der Waals surface area contributed by atoms with Crippen molar-refractivity contribution >= 4 is 11.9 Å². The lowest BCUT2D eigenvalue weighted by Crippen LogP contribution is -2.51. The van der Waals surface area contributed by atoms with Crippen LogP contribution in [-0.2, 0) is 11.2 Å². The molecule has 1 saturated carbocycles. The lowest BCUT2D eigenvalue weighted by Gasteiger charge is -2.34. The van der Waals surface area contributed by atoms with Gasteiger partial charge in [0.2, 0.25) is 5.91 Å². The molecule has 3 aliphatic rings. The number of amides is 3. The molecule has 7 nitrogen and oxygen atoms in total. The van der Waals surface area contributed by atoms with Gasteiger partial charge >= 0.3 is 6.03 Å². The minimum Gasteiger partial charge on any atom is -0.341 e. The first kappa shape index (κ1) is 20.7. The average Bonchev–Trinajstić information content (AvgIpc) is 3.46. The molecular weight excluding hydrogens is 378 g/mol. The molecule has 3 amide bonds. The summed E-state index contributed by atoms with van der Waals surface area (Å²) in [4.78, 5) is 28.5. The number of urea groups is 1. The van der Waals surface area contributed by atoms with Crippen LogP contribution in [0.5, 0.6) is 0 Å². The van der Waals surface area contributed by atoms with E-state index in [9.17, 15) is 14.9 Å². The zero-order valence-electron chi connectivity index (χ0n) is 17.6. The molecule has 1 unspecified atom stereocenters. The second-order valence-electron chi connectivity index (χ2n) is 9.06. The van der Waals surface area contributed by atoms with Crippen molar-refractivity contribution in [3.05, 3.63) is 35.9 Å². The van der Waals surface area contributed by atoms with Gasteiger partial charge < -0.3 is 20.4 Å². The van der Waals surface area contributed by atoms with Gasteiger partial charge in [-0.05, 0) is 49.5 Å². The highest BCUT2D eigenvalue weighted by atomic mass is 16.2. The maximum absolute atomic E-state index is 12.8. The molecule has 4 rings (SSSR count). The van der Waals surface area contributed by atoms with Crippen LogP contribution in [0.15, 0.2) is 30.3 Å². The summed E-state index contributed by atoms with van der Waals surface area (Å²) in [5.74, 6) is 0.926. The van der Waals surface area contributed by atoms with E-state index < -0.39 is 0 Å². The predicted octanol–water partition coefficient (Wildman–Crippen LogP) is 1.75. The smallest absolute Gasteiger partial charge is 0.317 e. The molecule has 2 heterocycles. The van der Waals surface area contributed by atoms with Gasteiger partial charge in [-0.25, -0.2) is 4.79 Å². The monoisotopic (exact) mass is 409 g/mol. The van der Waals surface area contributed by atoms with Crippen LogP contribution in [0.2, 0.25) is 0 Å². The minimum atomic E-state index is -0.284. The Bertz CT molecular complexity index is 807. The quantitative estimate of drug-likeness (QED) is 0.776. The van der Waals surface area contributed by atoms with E-state index in [1.807, 2.05) is 11.0 Å². The van der Waals surface area contributed by atoms with Crippen LogP contribution in [0.4, 0.5) is 4.79 Å². The molecule has 1 aromatic rings. The van der Waals surface area contributed by atoms with Crippen molar-refractivity contribution in [2.45, 2.75) is 43.7 Å². The van der Waals surface area contributed by atoms with E-state index in [-0.39, 0.29) is 30.1 Å². The SMILES string of the molecule is CNC(=O)N1C[C@@H]2CC(Cc3ccccc3)(NCC(=O)N3CCC[C@H]3C#N)C[C@@H]2C1. The highest BCUT2D eigenvalue weighted by Crippen LogP contribution is 2.45. The molecule has 0 spiro atoms. The van der Waals surface area contributed by atoms with Crippen molar-refractivity contribution in [1.29, 1.82) is 5.26 Å². The van der Waals surface area contributed by atoms with Gasteiger partial charge in [-0.3, -0.25) is 4.79 Å². The van der Waals surface area contributed by atoms with Crippen molar-refractivity contribution in [3.8, 4) is 6.07 Å². The molecule has 1 aliphatic carbocycles. The number of nitrogens with one attached hydrogen (secondary N) is 2. The van der Waals surface area contributed by atoms with Crippen LogP contribution in [-0.4, -0.2) is 66.5 Å². The van der Waals surface area contributed by atoms with Crippen LogP contribution in [0.1, 0.15) is 31.2 Å². The Balaban J connectivity index is 1.45. The normalized spacial score (nSPS) is 30.2. The molecule has 160 valence electrons. The topological polar surface area (TPSA) is 88.5 Å². The summed E-state index contributed by atoms with van der Waals surface area (Å²) in [6.07, 6.45) is 4.45. The maximum atomic E-state index is 12.8. The molecule has 30 heavy (non-hydrogen) atoms. The molecule has 0 radical (unpaired) electrons. The fourth-order valence-electron chi connectivity index (χ4n) is 5.71. The molecule has 0 bridgehead atoms. The van der Waals surface area contributed by atoms with Crippen LogP contribution in [0, 0.1) is 23.2 Å². The molecule has 2 saturated heterocycles. The highest BCUT2D eigenvalue weighted by molar-refractivity contribution is 5.79. The minimum absolute atomic E-state index is 0.00206. The van der Waals surface area contributed by atoms with Crippen LogP contribution in [0.3, 0.4) is 0 Å². The van der Waals surface area contributed by atoms with E-state index in [0.717, 1.165) is 45.2 Å². The number of carbonyl (C=O) groups is 2. The third-order valence-electron chi connectivity index (χ3n) is 7.11. The molecule has 2 N–H and O–H groups in total. The number of nitrogens with zero attached hydrogens (tertiary/aromatic N) is 3. The van der Waals surface area contributed by atoms with Gasteiger partial charge in [0.05, 0.1) is 12.6 Å². The summed E-state index contributed by atoms with van der Waals surface area (Å²) in [5, 5.41) is 15.7. The Labute approximate surface area is 178 Å². The van der Waals surface area contributed by atoms with Gasteiger partial charge in [-0.15, -0.1) is 0 Å². The van der Waals surface area contributed by atoms with Crippen molar-refractivity contribution in [1.82, 2.24) is 20.4 Å². The lowest BCUT2D eigenvalue weighted by atomic mass is 9.87. The van der Waals surface area contributed by atoms with Crippen LogP contribution < -0.4 is 10.6 Å². The first-order valence-electron chi connectivity index (χ1n) is 11.0. The fourth-order valence-corrected chi connectivity index (χ4v) is 5.71. The second-order valence-corrected chi connectivity index (χ2v) is 9.06. The number of hydrogen-bond donors (Lipinski definition) is 2. The van der Waals surface area contributed by atoms with Gasteiger partial charge in [-0.1, -0.05) is 30.3 Å². The third-order valence-corrected chi connectivity index (χ3v) is 7.11. The number of benzene rings is 1. The Morgan fingerprint density at radius 3 is 2.53 bits per heavy atom. The maximum Gasteiger partial charge on any atom is 0.317 e. The highest BCUT2D eigenvalue weighted by Gasteiger charge is 2.50. The number of carbonyl (C=O) groups excluding carboxylic acids is 2. The molecule has 4 atom stereocenters. The zero-order chi connectivity index (χ0) is 21.1. The summed E-state index contributed by atoms with van der Waals surface area (Å²) in [6.45, 7) is 2.50. The van der Waals surface area contributed by atoms with Crippen molar-refractivity contribution in [3.63, 3.8) is 0 Å². The van der Waals surface area contributed by atoms with Gasteiger partial charge in [0, 0.05) is 32.2 Å². The van der Waals surface area contributed by atoms with E-state index in [0.29, 0.717) is 18.4 Å². The summed E-state index contributed by atoms with van der Waals surface area (Å²) >= 11 is 0. The molecule has 7 heteroatoms. The molecule has 0 aromatic heterocycles. The number of likely N-dealkylation sites (tertiary alicyclic amines) is 2. The second kappa shape index (κ2) is 8.65. The molecule has 3 fully saturated rings. The fraction of sp³-hybridized carbons (Fsp3) is 0.609. The number of rotatable bonds is 5. The van der Waals surface area contributed by atoms with E-state index in [1.54, 1.807) is 11.9 Å². The van der Waals surface area contributed by atoms with E-state index in [2.05, 4.69) is 41.0 Å². The van der Waals surface area contributed by atoms with Gasteiger partial charge in [-0.2, -0.15) is 5.26 Å². The summed E-state index contributed by atoms with van der Waals surface area (Å²) < 4.78 is 0. The Morgan fingerprint density at radius 1 is 1.20 bits per heavy atom. The largest absolute Gasteiger partial charge is 0.341 e. The lowest BCUT2D eigenvalue weighted by molar-refractivity contribution is -0.130. The van der Waals surface area contributed by atoms with Crippen molar-refractivity contribution in [2.24, 2.45) is 11.8 Å². The standard InChI is InChI=1S/C23H31N5O2/c1-25-22(30)27-15-18-11-23(12-19(18)16-27,10-17-6-3-2-4-7-17)26-14-21(29)28-9-5-8-20(28)13-24/h2-4,6-7,18-20,26H,5,8-12,14-16H2,1H3,(H,25,30)/t18-,19+,20-,23?/m0/s1. The summed E-state index contributed by atoms with van der Waals surface area (Å²) in [6, 6.07) is 12.4. The predicted molar refractivity (Wildman–Crippen MR) is 113 cm³/mol. The van der Waals surface area contributed by atoms with E-state index >= 15 is 0 Å².